The van der Waals surface area contributed by atoms with Crippen LogP contribution in [0.1, 0.15) is 32.4 Å². The van der Waals surface area contributed by atoms with Crippen LogP contribution in [-0.2, 0) is 4.74 Å². The zero-order valence-corrected chi connectivity index (χ0v) is 10.5. The molecule has 3 nitrogen and oxygen atoms in total. The van der Waals surface area contributed by atoms with E-state index in [1.807, 2.05) is 38.4 Å². The first-order valence-corrected chi connectivity index (χ1v) is 6.14. The van der Waals surface area contributed by atoms with E-state index in [0.717, 1.165) is 26.2 Å². The molecule has 0 radical (unpaired) electrons. The van der Waals surface area contributed by atoms with Crippen LogP contribution < -0.4 is 0 Å². The Kier molecular flexibility index (Phi) is 6.04. The summed E-state index contributed by atoms with van der Waals surface area (Å²) in [6.45, 7) is 10.2. The summed E-state index contributed by atoms with van der Waals surface area (Å²) < 4.78 is 5.73. The highest BCUT2D eigenvalue weighted by Crippen LogP contribution is 2.20. The number of morpholine rings is 1. The van der Waals surface area contributed by atoms with Gasteiger partial charge in [-0.05, 0) is 24.2 Å². The maximum Gasteiger partial charge on any atom is 0.0953 e. The molecular formula is C13H22N2O. The fourth-order valence-electron chi connectivity index (χ4n) is 1.77. The number of hydrogen-bond donors (Lipinski definition) is 0. The van der Waals surface area contributed by atoms with Crippen molar-refractivity contribution in [1.29, 1.82) is 0 Å². The number of hydrogen-bond acceptors (Lipinski definition) is 3. The molecule has 0 spiro atoms. The molecule has 2 rings (SSSR count). The van der Waals surface area contributed by atoms with E-state index in [1.165, 1.54) is 5.56 Å². The van der Waals surface area contributed by atoms with Gasteiger partial charge in [0.15, 0.2) is 0 Å². The Morgan fingerprint density at radius 1 is 1.38 bits per heavy atom. The van der Waals surface area contributed by atoms with E-state index in [-0.39, 0.29) is 6.10 Å². The van der Waals surface area contributed by atoms with E-state index in [2.05, 4.69) is 16.8 Å². The van der Waals surface area contributed by atoms with Crippen molar-refractivity contribution in [2.45, 2.75) is 26.9 Å². The van der Waals surface area contributed by atoms with Gasteiger partial charge in [-0.2, -0.15) is 0 Å². The highest BCUT2D eigenvalue weighted by Gasteiger charge is 2.20. The second-order valence-corrected chi connectivity index (χ2v) is 3.53. The van der Waals surface area contributed by atoms with E-state index in [0.29, 0.717) is 0 Å². The smallest absolute Gasteiger partial charge is 0.0953 e. The van der Waals surface area contributed by atoms with Crippen molar-refractivity contribution in [3.05, 3.63) is 30.1 Å². The van der Waals surface area contributed by atoms with Crippen LogP contribution in [0.4, 0.5) is 0 Å². The van der Waals surface area contributed by atoms with E-state index in [9.17, 15) is 0 Å². The van der Waals surface area contributed by atoms with Crippen molar-refractivity contribution < 1.29 is 4.74 Å². The van der Waals surface area contributed by atoms with Crippen LogP contribution in [0.3, 0.4) is 0 Å². The molecule has 0 unspecified atom stereocenters. The number of pyridine rings is 1. The molecule has 90 valence electrons. The molecular weight excluding hydrogens is 200 g/mol. The second kappa shape index (κ2) is 7.36. The van der Waals surface area contributed by atoms with E-state index in [4.69, 9.17) is 4.74 Å². The summed E-state index contributed by atoms with van der Waals surface area (Å²) in [4.78, 5) is 6.42. The molecule has 1 saturated heterocycles. The van der Waals surface area contributed by atoms with E-state index in [1.54, 1.807) is 0 Å². The van der Waals surface area contributed by atoms with Crippen molar-refractivity contribution in [2.24, 2.45) is 0 Å². The minimum Gasteiger partial charge on any atom is -0.371 e. The standard InChI is InChI=1S/C11H16N2O.C2H6/c1-2-13-7-8-14-11(9-13)10-3-5-12-6-4-10;1-2/h3-6,11H,2,7-9H2,1H3;1-2H3/t11-;/m1./s1. The van der Waals surface area contributed by atoms with Gasteiger partial charge in [-0.15, -0.1) is 0 Å². The number of nitrogens with zero attached hydrogens (tertiary/aromatic N) is 2. The monoisotopic (exact) mass is 222 g/mol. The van der Waals surface area contributed by atoms with Crippen LogP contribution in [0, 0.1) is 0 Å². The zero-order valence-electron chi connectivity index (χ0n) is 10.5. The number of ether oxygens (including phenoxy) is 1. The van der Waals surface area contributed by atoms with Crippen LogP contribution in [0.15, 0.2) is 24.5 Å². The number of likely N-dealkylation sites (N-methyl/N-ethyl adjacent to an activating group) is 1. The second-order valence-electron chi connectivity index (χ2n) is 3.53. The Hall–Kier alpha value is -0.930. The minimum atomic E-state index is 0.228. The first-order chi connectivity index (χ1) is 7.90. The lowest BCUT2D eigenvalue weighted by atomic mass is 10.1. The molecule has 1 aromatic heterocycles. The van der Waals surface area contributed by atoms with Gasteiger partial charge < -0.3 is 4.74 Å². The van der Waals surface area contributed by atoms with Gasteiger partial charge in [0.25, 0.3) is 0 Å². The fourth-order valence-corrected chi connectivity index (χ4v) is 1.77. The Balaban J connectivity index is 0.000000606. The fraction of sp³-hybridized carbons (Fsp3) is 0.615. The van der Waals surface area contributed by atoms with Crippen LogP contribution >= 0.6 is 0 Å². The molecule has 0 aliphatic carbocycles. The molecule has 1 fully saturated rings. The van der Waals surface area contributed by atoms with Crippen LogP contribution in [0.2, 0.25) is 0 Å². The highest BCUT2D eigenvalue weighted by molar-refractivity contribution is 5.14. The molecule has 3 heteroatoms. The molecule has 2 heterocycles. The SMILES string of the molecule is CC.CCN1CCO[C@@H](c2ccncc2)C1. The number of aromatic nitrogens is 1. The summed E-state index contributed by atoms with van der Waals surface area (Å²) in [6, 6.07) is 4.06. The van der Waals surface area contributed by atoms with Gasteiger partial charge in [-0.25, -0.2) is 0 Å². The summed E-state index contributed by atoms with van der Waals surface area (Å²) in [6.07, 6.45) is 3.87. The largest absolute Gasteiger partial charge is 0.371 e. The quantitative estimate of drug-likeness (QED) is 0.768. The lowest BCUT2D eigenvalue weighted by molar-refractivity contribution is -0.0282. The third-order valence-electron chi connectivity index (χ3n) is 2.68. The summed E-state index contributed by atoms with van der Waals surface area (Å²) >= 11 is 0. The van der Waals surface area contributed by atoms with Gasteiger partial charge in [-0.3, -0.25) is 9.88 Å². The molecule has 0 bridgehead atoms. The van der Waals surface area contributed by atoms with Gasteiger partial charge in [-0.1, -0.05) is 20.8 Å². The van der Waals surface area contributed by atoms with Crippen LogP contribution in [0.25, 0.3) is 0 Å². The minimum absolute atomic E-state index is 0.228. The van der Waals surface area contributed by atoms with Gasteiger partial charge in [0.05, 0.1) is 12.7 Å². The topological polar surface area (TPSA) is 25.4 Å². The zero-order chi connectivity index (χ0) is 11.8. The molecule has 0 aromatic carbocycles. The van der Waals surface area contributed by atoms with Gasteiger partial charge in [0.2, 0.25) is 0 Å². The van der Waals surface area contributed by atoms with E-state index < -0.39 is 0 Å². The molecule has 1 aliphatic rings. The molecule has 1 aliphatic heterocycles. The third kappa shape index (κ3) is 3.58. The average molecular weight is 222 g/mol. The summed E-state index contributed by atoms with van der Waals surface area (Å²) in [5.41, 5.74) is 1.23. The summed E-state index contributed by atoms with van der Waals surface area (Å²) in [7, 11) is 0. The van der Waals surface area contributed by atoms with Crippen molar-refractivity contribution >= 4 is 0 Å². The Labute approximate surface area is 98.4 Å². The van der Waals surface area contributed by atoms with Crippen LogP contribution in [0.5, 0.6) is 0 Å². The highest BCUT2D eigenvalue weighted by atomic mass is 16.5. The Bertz CT molecular complexity index is 277. The van der Waals surface area contributed by atoms with Gasteiger partial charge in [0, 0.05) is 25.5 Å². The molecule has 16 heavy (non-hydrogen) atoms. The summed E-state index contributed by atoms with van der Waals surface area (Å²) in [5.74, 6) is 0. The summed E-state index contributed by atoms with van der Waals surface area (Å²) in [5, 5.41) is 0. The molecule has 1 atom stereocenters. The first kappa shape index (κ1) is 13.1. The van der Waals surface area contributed by atoms with Crippen molar-refractivity contribution in [1.82, 2.24) is 9.88 Å². The molecule has 0 saturated carbocycles. The molecule has 0 amide bonds. The predicted octanol–water partition coefficient (Wildman–Crippen LogP) is 2.50. The van der Waals surface area contributed by atoms with Crippen molar-refractivity contribution in [2.75, 3.05) is 26.2 Å². The maximum atomic E-state index is 5.73. The van der Waals surface area contributed by atoms with Crippen molar-refractivity contribution in [3.63, 3.8) is 0 Å². The maximum absolute atomic E-state index is 5.73. The molecule has 0 N–H and O–H groups in total. The van der Waals surface area contributed by atoms with Gasteiger partial charge >= 0.3 is 0 Å². The Morgan fingerprint density at radius 3 is 2.69 bits per heavy atom. The third-order valence-corrected chi connectivity index (χ3v) is 2.68. The van der Waals surface area contributed by atoms with Crippen molar-refractivity contribution in [3.8, 4) is 0 Å². The molecule has 1 aromatic rings. The van der Waals surface area contributed by atoms with Gasteiger partial charge in [0.1, 0.15) is 0 Å². The Morgan fingerprint density at radius 2 is 2.06 bits per heavy atom. The number of rotatable bonds is 2. The average Bonchev–Trinajstić information content (AvgIpc) is 2.42. The van der Waals surface area contributed by atoms with Crippen LogP contribution in [-0.4, -0.2) is 36.1 Å². The lowest BCUT2D eigenvalue weighted by Crippen LogP contribution is -2.38. The lowest BCUT2D eigenvalue weighted by Gasteiger charge is -2.32. The predicted molar refractivity (Wildman–Crippen MR) is 66.4 cm³/mol. The normalized spacial score (nSPS) is 21.1. The first-order valence-electron chi connectivity index (χ1n) is 6.14. The van der Waals surface area contributed by atoms with E-state index >= 15 is 0 Å².